The van der Waals surface area contributed by atoms with Gasteiger partial charge in [0, 0.05) is 17.6 Å². The number of urea groups is 1. The first-order chi connectivity index (χ1) is 11.7. The Bertz CT molecular complexity index is 844. The molecule has 0 saturated carbocycles. The maximum absolute atomic E-state index is 12.8. The van der Waals surface area contributed by atoms with E-state index in [0.29, 0.717) is 0 Å². The fraction of sp³-hybridized carbons (Fsp3) is 0.353. The molecule has 1 saturated heterocycles. The molecule has 0 radical (unpaired) electrons. The SMILES string of the molecule is C[C@H](NC(=O)N1CCC[C@@H]1c1cccs1)c1nnc2ccccn12. The monoisotopic (exact) mass is 341 g/mol. The van der Waals surface area contributed by atoms with Gasteiger partial charge in [0.25, 0.3) is 0 Å². The van der Waals surface area contributed by atoms with Gasteiger partial charge in [0.15, 0.2) is 11.5 Å². The van der Waals surface area contributed by atoms with Gasteiger partial charge in [-0.2, -0.15) is 0 Å². The van der Waals surface area contributed by atoms with E-state index in [1.165, 1.54) is 4.88 Å². The summed E-state index contributed by atoms with van der Waals surface area (Å²) in [5.41, 5.74) is 0.784. The third-order valence-electron chi connectivity index (χ3n) is 4.45. The molecule has 7 heteroatoms. The van der Waals surface area contributed by atoms with Gasteiger partial charge in [-0.05, 0) is 43.3 Å². The zero-order valence-corrected chi connectivity index (χ0v) is 14.2. The summed E-state index contributed by atoms with van der Waals surface area (Å²) in [5.74, 6) is 0.742. The smallest absolute Gasteiger partial charge is 0.318 e. The molecule has 124 valence electrons. The van der Waals surface area contributed by atoms with Crippen molar-refractivity contribution in [1.82, 2.24) is 24.8 Å². The molecule has 4 rings (SSSR count). The van der Waals surface area contributed by atoms with Crippen molar-refractivity contribution in [2.75, 3.05) is 6.54 Å². The molecule has 0 aliphatic carbocycles. The normalized spacial score (nSPS) is 18.9. The number of pyridine rings is 1. The number of fused-ring (bicyclic) bond motifs is 1. The van der Waals surface area contributed by atoms with Crippen molar-refractivity contribution in [2.45, 2.75) is 31.8 Å². The van der Waals surface area contributed by atoms with Crippen LogP contribution < -0.4 is 5.32 Å². The highest BCUT2D eigenvalue weighted by molar-refractivity contribution is 7.10. The van der Waals surface area contributed by atoms with Crippen LogP contribution in [0.2, 0.25) is 0 Å². The third kappa shape index (κ3) is 2.65. The number of nitrogens with one attached hydrogen (secondary N) is 1. The highest BCUT2D eigenvalue weighted by Crippen LogP contribution is 2.34. The van der Waals surface area contributed by atoms with Crippen LogP contribution in [0.5, 0.6) is 0 Å². The van der Waals surface area contributed by atoms with E-state index in [0.717, 1.165) is 30.9 Å². The zero-order valence-electron chi connectivity index (χ0n) is 13.4. The summed E-state index contributed by atoms with van der Waals surface area (Å²) in [6.07, 6.45) is 3.98. The van der Waals surface area contributed by atoms with Crippen molar-refractivity contribution < 1.29 is 4.79 Å². The zero-order chi connectivity index (χ0) is 16.5. The number of aromatic nitrogens is 3. The standard InChI is InChI=1S/C17H19N5OS/c1-12(16-20-19-15-8-2-3-9-22(15)16)18-17(23)21-10-4-6-13(21)14-7-5-11-24-14/h2-3,5,7-9,11-13H,4,6,10H2,1H3,(H,18,23)/t12-,13+/m0/s1. The van der Waals surface area contributed by atoms with Gasteiger partial charge in [-0.3, -0.25) is 4.40 Å². The van der Waals surface area contributed by atoms with Crippen LogP contribution >= 0.6 is 11.3 Å². The van der Waals surface area contributed by atoms with E-state index in [-0.39, 0.29) is 18.1 Å². The quantitative estimate of drug-likeness (QED) is 0.794. The second kappa shape index (κ2) is 6.24. The number of hydrogen-bond donors (Lipinski definition) is 1. The van der Waals surface area contributed by atoms with Crippen molar-refractivity contribution in [3.63, 3.8) is 0 Å². The summed E-state index contributed by atoms with van der Waals surface area (Å²) >= 11 is 1.71. The average Bonchev–Trinajstić information content (AvgIpc) is 3.33. The van der Waals surface area contributed by atoms with Gasteiger partial charge >= 0.3 is 6.03 Å². The molecular formula is C17H19N5OS. The van der Waals surface area contributed by atoms with Crippen LogP contribution in [0.25, 0.3) is 5.65 Å². The number of carbonyl (C=O) groups is 1. The van der Waals surface area contributed by atoms with Crippen LogP contribution in [0.3, 0.4) is 0 Å². The first-order valence-corrected chi connectivity index (χ1v) is 9.02. The van der Waals surface area contributed by atoms with E-state index < -0.39 is 0 Å². The van der Waals surface area contributed by atoms with Crippen molar-refractivity contribution in [3.8, 4) is 0 Å². The fourth-order valence-corrected chi connectivity index (χ4v) is 4.15. The van der Waals surface area contributed by atoms with Crippen LogP contribution in [-0.2, 0) is 0 Å². The van der Waals surface area contributed by atoms with Crippen molar-refractivity contribution in [3.05, 3.63) is 52.6 Å². The lowest BCUT2D eigenvalue weighted by molar-refractivity contribution is 0.190. The molecule has 1 N–H and O–H groups in total. The number of hydrogen-bond acceptors (Lipinski definition) is 4. The summed E-state index contributed by atoms with van der Waals surface area (Å²) < 4.78 is 1.91. The first-order valence-electron chi connectivity index (χ1n) is 8.14. The number of amides is 2. The highest BCUT2D eigenvalue weighted by Gasteiger charge is 2.31. The Labute approximate surface area is 144 Å². The Morgan fingerprint density at radius 3 is 3.08 bits per heavy atom. The van der Waals surface area contributed by atoms with Gasteiger partial charge in [-0.1, -0.05) is 12.1 Å². The molecule has 0 bridgehead atoms. The summed E-state index contributed by atoms with van der Waals surface area (Å²) in [6, 6.07) is 9.85. The molecule has 4 heterocycles. The molecule has 0 spiro atoms. The van der Waals surface area contributed by atoms with Gasteiger partial charge in [0.2, 0.25) is 0 Å². The topological polar surface area (TPSA) is 62.5 Å². The lowest BCUT2D eigenvalue weighted by Crippen LogP contribution is -2.40. The fourth-order valence-electron chi connectivity index (χ4n) is 3.27. The number of nitrogens with zero attached hydrogens (tertiary/aromatic N) is 4. The Morgan fingerprint density at radius 2 is 2.25 bits per heavy atom. The van der Waals surface area contributed by atoms with E-state index >= 15 is 0 Å². The molecular weight excluding hydrogens is 322 g/mol. The second-order valence-corrected chi connectivity index (χ2v) is 7.00. The maximum Gasteiger partial charge on any atom is 0.318 e. The van der Waals surface area contributed by atoms with Gasteiger partial charge in [-0.15, -0.1) is 21.5 Å². The first kappa shape index (κ1) is 15.1. The molecule has 1 aliphatic rings. The number of carbonyl (C=O) groups excluding carboxylic acids is 1. The Hall–Kier alpha value is -2.41. The summed E-state index contributed by atoms with van der Waals surface area (Å²) in [7, 11) is 0. The van der Waals surface area contributed by atoms with E-state index in [1.807, 2.05) is 46.7 Å². The van der Waals surface area contributed by atoms with Crippen LogP contribution in [-0.4, -0.2) is 32.1 Å². The van der Waals surface area contributed by atoms with Crippen molar-refractivity contribution >= 4 is 23.0 Å². The molecule has 3 aromatic heterocycles. The lowest BCUT2D eigenvalue weighted by Gasteiger charge is -2.25. The molecule has 0 unspecified atom stereocenters. The minimum absolute atomic E-state index is 0.0360. The number of likely N-dealkylation sites (tertiary alicyclic amines) is 1. The molecule has 0 aromatic carbocycles. The van der Waals surface area contributed by atoms with E-state index in [4.69, 9.17) is 0 Å². The largest absolute Gasteiger partial charge is 0.328 e. The number of rotatable bonds is 3. The Morgan fingerprint density at radius 1 is 1.33 bits per heavy atom. The summed E-state index contributed by atoms with van der Waals surface area (Å²) in [5, 5.41) is 13.5. The minimum Gasteiger partial charge on any atom is -0.328 e. The molecule has 2 atom stereocenters. The maximum atomic E-state index is 12.8. The highest BCUT2D eigenvalue weighted by atomic mass is 32.1. The molecule has 1 fully saturated rings. The second-order valence-electron chi connectivity index (χ2n) is 6.03. The van der Waals surface area contributed by atoms with E-state index in [2.05, 4.69) is 27.0 Å². The minimum atomic E-state index is -0.209. The van der Waals surface area contributed by atoms with Crippen molar-refractivity contribution in [2.24, 2.45) is 0 Å². The molecule has 6 nitrogen and oxygen atoms in total. The van der Waals surface area contributed by atoms with Gasteiger partial charge in [0.05, 0.1) is 12.1 Å². The summed E-state index contributed by atoms with van der Waals surface area (Å²) in [6.45, 7) is 2.74. The Kier molecular flexibility index (Phi) is 3.93. The molecule has 2 amide bonds. The lowest BCUT2D eigenvalue weighted by atomic mass is 10.2. The number of thiophene rings is 1. The van der Waals surface area contributed by atoms with Crippen LogP contribution in [0.4, 0.5) is 4.79 Å². The van der Waals surface area contributed by atoms with Crippen LogP contribution in [0, 0.1) is 0 Å². The van der Waals surface area contributed by atoms with Crippen molar-refractivity contribution in [1.29, 1.82) is 0 Å². The van der Waals surface area contributed by atoms with Crippen LogP contribution in [0.1, 0.15) is 42.6 Å². The predicted octanol–water partition coefficient (Wildman–Crippen LogP) is 3.40. The van der Waals surface area contributed by atoms with Gasteiger partial charge < -0.3 is 10.2 Å². The average molecular weight is 341 g/mol. The van der Waals surface area contributed by atoms with E-state index in [1.54, 1.807) is 11.3 Å². The molecule has 24 heavy (non-hydrogen) atoms. The molecule has 3 aromatic rings. The van der Waals surface area contributed by atoms with E-state index in [9.17, 15) is 4.79 Å². The summed E-state index contributed by atoms with van der Waals surface area (Å²) in [4.78, 5) is 15.9. The van der Waals surface area contributed by atoms with Gasteiger partial charge in [-0.25, -0.2) is 4.79 Å². The molecule has 1 aliphatic heterocycles. The Balaban J connectivity index is 1.51. The third-order valence-corrected chi connectivity index (χ3v) is 5.43. The van der Waals surface area contributed by atoms with Crippen LogP contribution in [0.15, 0.2) is 41.9 Å². The predicted molar refractivity (Wildman–Crippen MR) is 92.9 cm³/mol. The van der Waals surface area contributed by atoms with Gasteiger partial charge in [0.1, 0.15) is 0 Å².